The summed E-state index contributed by atoms with van der Waals surface area (Å²) in [4.78, 5) is 52.2. The Balaban J connectivity index is 1.48. The molecule has 0 atom stereocenters. The highest BCUT2D eigenvalue weighted by Gasteiger charge is 2.35. The fourth-order valence-corrected chi connectivity index (χ4v) is 3.48. The first-order valence-electron chi connectivity index (χ1n) is 9.72. The van der Waals surface area contributed by atoms with Crippen LogP contribution in [0.1, 0.15) is 60.7 Å². The summed E-state index contributed by atoms with van der Waals surface area (Å²) >= 11 is 0. The summed E-state index contributed by atoms with van der Waals surface area (Å²) in [5.41, 5.74) is 0.366. The summed E-state index contributed by atoms with van der Waals surface area (Å²) in [6, 6.07) is 6.79. The lowest BCUT2D eigenvalue weighted by molar-refractivity contribution is -0.133. The number of benzene rings is 1. The van der Waals surface area contributed by atoms with Gasteiger partial charge in [-0.1, -0.05) is 32.9 Å². The first kappa shape index (κ1) is 20.0. The summed E-state index contributed by atoms with van der Waals surface area (Å²) in [6.45, 7) is 6.85. The average Bonchev–Trinajstić information content (AvgIpc) is 2.90. The number of piperidine rings is 1. The monoisotopic (exact) mass is 385 g/mol. The van der Waals surface area contributed by atoms with Gasteiger partial charge in [0, 0.05) is 37.5 Å². The normalized spacial score (nSPS) is 17.7. The second kappa shape index (κ2) is 7.73. The van der Waals surface area contributed by atoms with E-state index >= 15 is 0 Å². The van der Waals surface area contributed by atoms with Crippen molar-refractivity contribution < 1.29 is 19.2 Å². The maximum absolute atomic E-state index is 12.5. The highest BCUT2D eigenvalue weighted by molar-refractivity contribution is 6.21. The van der Waals surface area contributed by atoms with Crippen molar-refractivity contribution >= 4 is 23.6 Å². The molecule has 0 unspecified atom stereocenters. The van der Waals surface area contributed by atoms with Crippen molar-refractivity contribution in [1.29, 1.82) is 0 Å². The number of nitrogens with one attached hydrogen (secondary N) is 1. The molecule has 1 fully saturated rings. The average molecular weight is 385 g/mol. The van der Waals surface area contributed by atoms with E-state index < -0.39 is 5.41 Å². The van der Waals surface area contributed by atoms with Gasteiger partial charge in [-0.2, -0.15) is 0 Å². The number of likely N-dealkylation sites (tertiary alicyclic amines) is 1. The molecular formula is C21H27N3O4. The third-order valence-corrected chi connectivity index (χ3v) is 5.29. The lowest BCUT2D eigenvalue weighted by Gasteiger charge is -2.34. The van der Waals surface area contributed by atoms with Gasteiger partial charge in [-0.15, -0.1) is 0 Å². The zero-order valence-electron chi connectivity index (χ0n) is 16.7. The van der Waals surface area contributed by atoms with Crippen molar-refractivity contribution in [3.05, 3.63) is 35.4 Å². The first-order chi connectivity index (χ1) is 13.2. The number of hydrogen-bond acceptors (Lipinski definition) is 4. The minimum atomic E-state index is -0.431. The van der Waals surface area contributed by atoms with Crippen molar-refractivity contribution in [2.45, 2.75) is 46.1 Å². The molecule has 2 aliphatic rings. The number of carbonyl (C=O) groups is 4. The molecule has 1 aromatic rings. The molecule has 1 aromatic carbocycles. The van der Waals surface area contributed by atoms with Crippen molar-refractivity contribution in [2.75, 3.05) is 19.6 Å². The predicted octanol–water partition coefficient (Wildman–Crippen LogP) is 1.83. The standard InChI is InChI=1S/C21H27N3O4/c1-21(2,3)20(28)22-14-8-11-23(12-9-14)17(25)10-13-24-18(26)15-6-4-5-7-16(15)19(24)27/h4-7,14H,8-13H2,1-3H3,(H,22,28). The fraction of sp³-hybridized carbons (Fsp3) is 0.524. The molecule has 0 saturated carbocycles. The van der Waals surface area contributed by atoms with Crippen LogP contribution in [-0.4, -0.2) is 59.1 Å². The van der Waals surface area contributed by atoms with Gasteiger partial charge in [0.1, 0.15) is 0 Å². The Bertz CT molecular complexity index is 769. The smallest absolute Gasteiger partial charge is 0.261 e. The number of hydrogen-bond donors (Lipinski definition) is 1. The molecular weight excluding hydrogens is 358 g/mol. The summed E-state index contributed by atoms with van der Waals surface area (Å²) in [6.07, 6.45) is 1.53. The van der Waals surface area contributed by atoms with Crippen LogP contribution in [-0.2, 0) is 9.59 Å². The zero-order valence-corrected chi connectivity index (χ0v) is 16.7. The van der Waals surface area contributed by atoms with E-state index in [-0.39, 0.29) is 42.6 Å². The number of amides is 4. The van der Waals surface area contributed by atoms with Crippen LogP contribution in [0.2, 0.25) is 0 Å². The molecule has 0 aromatic heterocycles. The Morgan fingerprint density at radius 3 is 2.07 bits per heavy atom. The van der Waals surface area contributed by atoms with Crippen LogP contribution >= 0.6 is 0 Å². The zero-order chi connectivity index (χ0) is 20.5. The number of carbonyl (C=O) groups excluding carboxylic acids is 4. The first-order valence-corrected chi connectivity index (χ1v) is 9.72. The second-order valence-electron chi connectivity index (χ2n) is 8.44. The Labute approximate surface area is 165 Å². The molecule has 2 heterocycles. The molecule has 7 nitrogen and oxygen atoms in total. The Hall–Kier alpha value is -2.70. The van der Waals surface area contributed by atoms with Gasteiger partial charge in [0.15, 0.2) is 0 Å². The Kier molecular flexibility index (Phi) is 5.54. The molecule has 7 heteroatoms. The summed E-state index contributed by atoms with van der Waals surface area (Å²) in [7, 11) is 0. The highest BCUT2D eigenvalue weighted by Crippen LogP contribution is 2.23. The van der Waals surface area contributed by atoms with Crippen LogP contribution in [0.4, 0.5) is 0 Å². The third kappa shape index (κ3) is 4.08. The van der Waals surface area contributed by atoms with E-state index in [1.807, 2.05) is 20.8 Å². The quantitative estimate of drug-likeness (QED) is 0.801. The molecule has 4 amide bonds. The van der Waals surface area contributed by atoms with Crippen LogP contribution in [0, 0.1) is 5.41 Å². The van der Waals surface area contributed by atoms with Crippen LogP contribution in [0.15, 0.2) is 24.3 Å². The predicted molar refractivity (Wildman–Crippen MR) is 104 cm³/mol. The van der Waals surface area contributed by atoms with E-state index in [1.54, 1.807) is 29.2 Å². The lowest BCUT2D eigenvalue weighted by Crippen LogP contribution is -2.49. The highest BCUT2D eigenvalue weighted by atomic mass is 16.2. The van der Waals surface area contributed by atoms with Gasteiger partial charge < -0.3 is 10.2 Å². The number of nitrogens with zero attached hydrogens (tertiary/aromatic N) is 2. The Morgan fingerprint density at radius 2 is 1.57 bits per heavy atom. The summed E-state index contributed by atoms with van der Waals surface area (Å²) in [5.74, 6) is -0.728. The van der Waals surface area contributed by atoms with E-state index in [0.717, 1.165) is 4.90 Å². The molecule has 0 aliphatic carbocycles. The molecule has 3 rings (SSSR count). The van der Waals surface area contributed by atoms with Gasteiger partial charge in [0.05, 0.1) is 11.1 Å². The van der Waals surface area contributed by atoms with Crippen LogP contribution in [0.3, 0.4) is 0 Å². The summed E-state index contributed by atoms with van der Waals surface area (Å²) < 4.78 is 0. The molecule has 0 radical (unpaired) electrons. The van der Waals surface area contributed by atoms with Gasteiger partial charge in [-0.25, -0.2) is 0 Å². The third-order valence-electron chi connectivity index (χ3n) is 5.29. The van der Waals surface area contributed by atoms with E-state index in [4.69, 9.17) is 0 Å². The maximum atomic E-state index is 12.5. The molecule has 28 heavy (non-hydrogen) atoms. The van der Waals surface area contributed by atoms with Crippen LogP contribution in [0.5, 0.6) is 0 Å². The van der Waals surface area contributed by atoms with Gasteiger partial charge in [-0.05, 0) is 25.0 Å². The minimum Gasteiger partial charge on any atom is -0.353 e. The SMILES string of the molecule is CC(C)(C)C(=O)NC1CCN(C(=O)CCN2C(=O)c3ccccc3C2=O)CC1. The van der Waals surface area contributed by atoms with E-state index in [0.29, 0.717) is 37.1 Å². The van der Waals surface area contributed by atoms with Gasteiger partial charge in [0.25, 0.3) is 11.8 Å². The largest absolute Gasteiger partial charge is 0.353 e. The number of fused-ring (bicyclic) bond motifs is 1. The second-order valence-corrected chi connectivity index (χ2v) is 8.44. The van der Waals surface area contributed by atoms with Crippen LogP contribution in [0.25, 0.3) is 0 Å². The van der Waals surface area contributed by atoms with Crippen molar-refractivity contribution in [3.8, 4) is 0 Å². The molecule has 0 spiro atoms. The molecule has 1 saturated heterocycles. The minimum absolute atomic E-state index is 0.0166. The maximum Gasteiger partial charge on any atom is 0.261 e. The fourth-order valence-electron chi connectivity index (χ4n) is 3.48. The van der Waals surface area contributed by atoms with Crippen molar-refractivity contribution in [2.24, 2.45) is 5.41 Å². The summed E-state index contributed by atoms with van der Waals surface area (Å²) in [5, 5.41) is 3.04. The van der Waals surface area contributed by atoms with Crippen molar-refractivity contribution in [1.82, 2.24) is 15.1 Å². The van der Waals surface area contributed by atoms with E-state index in [2.05, 4.69) is 5.32 Å². The van der Waals surface area contributed by atoms with Gasteiger partial charge in [0.2, 0.25) is 11.8 Å². The van der Waals surface area contributed by atoms with Gasteiger partial charge in [-0.3, -0.25) is 24.1 Å². The van der Waals surface area contributed by atoms with E-state index in [9.17, 15) is 19.2 Å². The van der Waals surface area contributed by atoms with Crippen molar-refractivity contribution in [3.63, 3.8) is 0 Å². The molecule has 2 aliphatic heterocycles. The molecule has 150 valence electrons. The Morgan fingerprint density at radius 1 is 1.04 bits per heavy atom. The number of rotatable bonds is 4. The van der Waals surface area contributed by atoms with E-state index in [1.165, 1.54) is 0 Å². The lowest BCUT2D eigenvalue weighted by atomic mass is 9.94. The molecule has 1 N–H and O–H groups in total. The molecule has 0 bridgehead atoms. The topological polar surface area (TPSA) is 86.8 Å². The van der Waals surface area contributed by atoms with Crippen LogP contribution < -0.4 is 5.32 Å². The van der Waals surface area contributed by atoms with Gasteiger partial charge >= 0.3 is 0 Å². The number of imide groups is 1.